The van der Waals surface area contributed by atoms with Crippen LogP contribution in [0.25, 0.3) is 0 Å². The van der Waals surface area contributed by atoms with Crippen LogP contribution < -0.4 is 5.32 Å². The van der Waals surface area contributed by atoms with Crippen LogP contribution in [0.2, 0.25) is 10.2 Å². The molecule has 0 fully saturated rings. The first kappa shape index (κ1) is 14.2. The van der Waals surface area contributed by atoms with E-state index in [1.165, 1.54) is 24.4 Å². The maximum absolute atomic E-state index is 13.1. The van der Waals surface area contributed by atoms with Gasteiger partial charge in [-0.3, -0.25) is 4.79 Å². The third-order valence-electron chi connectivity index (χ3n) is 2.23. The lowest BCUT2D eigenvalue weighted by Crippen LogP contribution is -2.13. The van der Waals surface area contributed by atoms with Gasteiger partial charge < -0.3 is 5.32 Å². The van der Waals surface area contributed by atoms with Crippen molar-refractivity contribution in [2.75, 3.05) is 5.32 Å². The molecule has 0 bridgehead atoms. The maximum Gasteiger partial charge on any atom is 0.257 e. The summed E-state index contributed by atoms with van der Waals surface area (Å²) in [6.45, 7) is 0. The second-order valence-corrected chi connectivity index (χ2v) is 5.22. The number of hydrogen-bond acceptors (Lipinski definition) is 2. The molecule has 2 rings (SSSR count). The number of nitrogens with zero attached hydrogens (tertiary/aromatic N) is 1. The number of carbonyl (C=O) groups excluding carboxylic acids is 1. The van der Waals surface area contributed by atoms with Gasteiger partial charge in [0.05, 0.1) is 16.3 Å². The van der Waals surface area contributed by atoms with Crippen LogP contribution in [0.1, 0.15) is 10.4 Å². The van der Waals surface area contributed by atoms with E-state index < -0.39 is 11.7 Å². The number of carbonyl (C=O) groups is 1. The lowest BCUT2D eigenvalue weighted by molar-refractivity contribution is 0.102. The van der Waals surface area contributed by atoms with E-state index in [2.05, 4.69) is 26.2 Å². The van der Waals surface area contributed by atoms with Gasteiger partial charge in [0.15, 0.2) is 0 Å². The molecule has 0 radical (unpaired) electrons. The van der Waals surface area contributed by atoms with Crippen molar-refractivity contribution in [3.63, 3.8) is 0 Å². The molecule has 7 heteroatoms. The van der Waals surface area contributed by atoms with Crippen molar-refractivity contribution in [2.45, 2.75) is 0 Å². The van der Waals surface area contributed by atoms with Crippen LogP contribution in [0.4, 0.5) is 10.1 Å². The van der Waals surface area contributed by atoms with Crippen molar-refractivity contribution >= 4 is 50.7 Å². The van der Waals surface area contributed by atoms with E-state index in [4.69, 9.17) is 23.2 Å². The Labute approximate surface area is 126 Å². The zero-order valence-electron chi connectivity index (χ0n) is 9.25. The summed E-state index contributed by atoms with van der Waals surface area (Å²) in [5.41, 5.74) is 0.611. The van der Waals surface area contributed by atoms with Crippen LogP contribution >= 0.6 is 39.1 Å². The number of hydrogen-bond donors (Lipinski definition) is 1. The molecule has 1 aromatic carbocycles. The number of halogens is 4. The van der Waals surface area contributed by atoms with Crippen molar-refractivity contribution in [3.8, 4) is 0 Å². The Kier molecular flexibility index (Phi) is 4.39. The van der Waals surface area contributed by atoms with Gasteiger partial charge >= 0.3 is 0 Å². The average molecular weight is 364 g/mol. The lowest BCUT2D eigenvalue weighted by atomic mass is 10.2. The second-order valence-electron chi connectivity index (χ2n) is 3.57. The number of benzene rings is 1. The molecule has 0 spiro atoms. The molecule has 0 aliphatic rings. The van der Waals surface area contributed by atoms with Gasteiger partial charge in [-0.05, 0) is 40.2 Å². The average Bonchev–Trinajstić information content (AvgIpc) is 2.34. The molecule has 0 saturated heterocycles. The number of aromatic nitrogens is 1. The fourth-order valence-electron chi connectivity index (χ4n) is 1.36. The number of rotatable bonds is 2. The summed E-state index contributed by atoms with van der Waals surface area (Å²) in [6.07, 6.45) is 1.34. The summed E-state index contributed by atoms with van der Waals surface area (Å²) >= 11 is 14.6. The van der Waals surface area contributed by atoms with Gasteiger partial charge in [0, 0.05) is 10.7 Å². The molecule has 98 valence electrons. The number of nitrogens with one attached hydrogen (secondary N) is 1. The molecule has 0 aliphatic carbocycles. The second kappa shape index (κ2) is 5.86. The van der Waals surface area contributed by atoms with Crippen LogP contribution in [0.15, 0.2) is 34.9 Å². The highest BCUT2D eigenvalue weighted by molar-refractivity contribution is 9.10. The Balaban J connectivity index is 2.26. The summed E-state index contributed by atoms with van der Waals surface area (Å²) < 4.78 is 13.4. The highest BCUT2D eigenvalue weighted by Gasteiger charge is 2.13. The van der Waals surface area contributed by atoms with Crippen molar-refractivity contribution < 1.29 is 9.18 Å². The fourth-order valence-corrected chi connectivity index (χ4v) is 2.37. The van der Waals surface area contributed by atoms with Crippen LogP contribution in [-0.2, 0) is 0 Å². The predicted octanol–water partition coefficient (Wildman–Crippen LogP) is 4.54. The van der Waals surface area contributed by atoms with E-state index in [9.17, 15) is 9.18 Å². The van der Waals surface area contributed by atoms with Crippen LogP contribution in [-0.4, -0.2) is 10.9 Å². The van der Waals surface area contributed by atoms with Gasteiger partial charge in [-0.2, -0.15) is 0 Å². The Bertz CT molecular complexity index is 611. The first-order chi connectivity index (χ1) is 8.97. The third kappa shape index (κ3) is 3.43. The third-order valence-corrected chi connectivity index (χ3v) is 3.38. The number of amides is 1. The summed E-state index contributed by atoms with van der Waals surface area (Å²) in [6, 6.07) is 5.34. The smallest absolute Gasteiger partial charge is 0.257 e. The van der Waals surface area contributed by atoms with Crippen LogP contribution in [0.3, 0.4) is 0 Å². The van der Waals surface area contributed by atoms with E-state index in [1.807, 2.05) is 0 Å². The summed E-state index contributed by atoms with van der Waals surface area (Å²) in [5.74, 6) is -0.915. The van der Waals surface area contributed by atoms with Gasteiger partial charge in [0.25, 0.3) is 5.91 Å². The first-order valence-electron chi connectivity index (χ1n) is 5.05. The SMILES string of the molecule is O=C(Nc1c(Cl)cc(F)cc1Br)c1ccc(Cl)nc1. The Hall–Kier alpha value is -1.17. The first-order valence-corrected chi connectivity index (χ1v) is 6.59. The number of anilines is 1. The Morgan fingerprint density at radius 3 is 2.63 bits per heavy atom. The van der Waals surface area contributed by atoms with Crippen molar-refractivity contribution in [3.05, 3.63) is 56.5 Å². The van der Waals surface area contributed by atoms with E-state index >= 15 is 0 Å². The molecule has 0 atom stereocenters. The predicted molar refractivity (Wildman–Crippen MR) is 76.3 cm³/mol. The minimum atomic E-state index is -0.497. The molecule has 1 heterocycles. The molecule has 1 N–H and O–H groups in total. The molecule has 0 aliphatic heterocycles. The van der Waals surface area contributed by atoms with E-state index in [0.717, 1.165) is 6.07 Å². The molecular weight excluding hydrogens is 358 g/mol. The highest BCUT2D eigenvalue weighted by Crippen LogP contribution is 2.32. The molecule has 0 unspecified atom stereocenters. The normalized spacial score (nSPS) is 10.3. The fraction of sp³-hybridized carbons (Fsp3) is 0. The van der Waals surface area contributed by atoms with Crippen molar-refractivity contribution in [2.24, 2.45) is 0 Å². The van der Waals surface area contributed by atoms with Crippen molar-refractivity contribution in [1.82, 2.24) is 4.98 Å². The van der Waals surface area contributed by atoms with Gasteiger partial charge in [-0.1, -0.05) is 23.2 Å². The maximum atomic E-state index is 13.1. The largest absolute Gasteiger partial charge is 0.320 e. The zero-order valence-corrected chi connectivity index (χ0v) is 12.4. The molecular formula is C12H6BrCl2FN2O. The molecule has 2 aromatic rings. The van der Waals surface area contributed by atoms with E-state index in [1.54, 1.807) is 0 Å². The summed E-state index contributed by atoms with van der Waals surface area (Å²) in [5, 5.41) is 2.96. The topological polar surface area (TPSA) is 42.0 Å². The van der Waals surface area contributed by atoms with Gasteiger partial charge in [-0.25, -0.2) is 9.37 Å². The Morgan fingerprint density at radius 2 is 2.05 bits per heavy atom. The molecule has 0 saturated carbocycles. The minimum Gasteiger partial charge on any atom is -0.320 e. The number of pyridine rings is 1. The zero-order chi connectivity index (χ0) is 14.0. The van der Waals surface area contributed by atoms with Crippen molar-refractivity contribution in [1.29, 1.82) is 0 Å². The van der Waals surface area contributed by atoms with Crippen LogP contribution in [0.5, 0.6) is 0 Å². The van der Waals surface area contributed by atoms with E-state index in [0.29, 0.717) is 15.7 Å². The molecule has 19 heavy (non-hydrogen) atoms. The lowest BCUT2D eigenvalue weighted by Gasteiger charge is -2.09. The molecule has 3 nitrogen and oxygen atoms in total. The summed E-state index contributed by atoms with van der Waals surface area (Å²) in [7, 11) is 0. The van der Waals surface area contributed by atoms with Gasteiger partial charge in [0.2, 0.25) is 0 Å². The quantitative estimate of drug-likeness (QED) is 0.795. The highest BCUT2D eigenvalue weighted by atomic mass is 79.9. The molecule has 1 amide bonds. The van der Waals surface area contributed by atoms with Gasteiger partial charge in [-0.15, -0.1) is 0 Å². The van der Waals surface area contributed by atoms with Gasteiger partial charge in [0.1, 0.15) is 11.0 Å². The monoisotopic (exact) mass is 362 g/mol. The standard InChI is InChI=1S/C12H6BrCl2FN2O/c13-8-3-7(16)4-9(14)11(8)18-12(19)6-1-2-10(15)17-5-6/h1-5H,(H,18,19). The summed E-state index contributed by atoms with van der Waals surface area (Å²) in [4.78, 5) is 15.7. The van der Waals surface area contributed by atoms with Crippen LogP contribution in [0, 0.1) is 5.82 Å². The molecule has 1 aromatic heterocycles. The minimum absolute atomic E-state index is 0.0992. The van der Waals surface area contributed by atoms with E-state index in [-0.39, 0.29) is 10.2 Å². The Morgan fingerprint density at radius 1 is 1.32 bits per heavy atom.